The number of ether oxygens (including phenoxy) is 1. The van der Waals surface area contributed by atoms with Crippen molar-refractivity contribution in [3.05, 3.63) is 53.9 Å². The maximum absolute atomic E-state index is 12.7. The molecule has 2 aliphatic rings. The molecule has 0 atom stereocenters. The first-order chi connectivity index (χ1) is 13.0. The first kappa shape index (κ1) is 17.7. The molecule has 4 rings (SSSR count). The van der Waals surface area contributed by atoms with Gasteiger partial charge in [0.15, 0.2) is 0 Å². The summed E-state index contributed by atoms with van der Waals surface area (Å²) < 4.78 is 7.41. The second kappa shape index (κ2) is 6.49. The number of hydrogen-bond acceptors (Lipinski definition) is 4. The average Bonchev–Trinajstić information content (AvgIpc) is 3.34. The zero-order chi connectivity index (χ0) is 19.1. The Bertz CT molecular complexity index is 851. The zero-order valence-electron chi connectivity index (χ0n) is 15.6. The van der Waals surface area contributed by atoms with Crippen LogP contribution in [0.15, 0.2) is 42.7 Å². The molecule has 2 heterocycles. The maximum Gasteiger partial charge on any atom is 0.251 e. The van der Waals surface area contributed by atoms with E-state index in [4.69, 9.17) is 4.74 Å². The molecule has 0 radical (unpaired) electrons. The standard InChI is InChI=1S/C20H24N4O3/c1-15-10-21-24(11-15)12-17(25)23-13-19(14-23,20(27-2)8-9-20)22-18(26)16-6-4-3-5-7-16/h3-7,10-11H,8-9,12-14H2,1-2H3,(H,22,26). The molecule has 1 saturated heterocycles. The number of carbonyl (C=O) groups excluding carboxylic acids is 2. The van der Waals surface area contributed by atoms with Gasteiger partial charge in [0.2, 0.25) is 5.91 Å². The van der Waals surface area contributed by atoms with Crippen molar-refractivity contribution in [1.82, 2.24) is 20.0 Å². The number of aromatic nitrogens is 2. The van der Waals surface area contributed by atoms with Crippen LogP contribution in [0.5, 0.6) is 0 Å². The Morgan fingerprint density at radius 2 is 1.93 bits per heavy atom. The van der Waals surface area contributed by atoms with E-state index in [-0.39, 0.29) is 24.0 Å². The Balaban J connectivity index is 1.46. The van der Waals surface area contributed by atoms with Gasteiger partial charge in [-0.15, -0.1) is 0 Å². The van der Waals surface area contributed by atoms with Crippen molar-refractivity contribution in [1.29, 1.82) is 0 Å². The largest absolute Gasteiger partial charge is 0.376 e. The summed E-state index contributed by atoms with van der Waals surface area (Å²) in [6.07, 6.45) is 5.36. The van der Waals surface area contributed by atoms with Crippen LogP contribution in [0.3, 0.4) is 0 Å². The average molecular weight is 368 g/mol. The number of amides is 2. The molecule has 2 amide bonds. The minimum Gasteiger partial charge on any atom is -0.376 e. The first-order valence-corrected chi connectivity index (χ1v) is 9.17. The van der Waals surface area contributed by atoms with Crippen molar-refractivity contribution < 1.29 is 14.3 Å². The van der Waals surface area contributed by atoms with Crippen LogP contribution in [0.2, 0.25) is 0 Å². The lowest BCUT2D eigenvalue weighted by Gasteiger charge is -2.54. The lowest BCUT2D eigenvalue weighted by Crippen LogP contribution is -2.77. The van der Waals surface area contributed by atoms with Crippen molar-refractivity contribution in [3.8, 4) is 0 Å². The molecule has 2 aromatic rings. The van der Waals surface area contributed by atoms with Crippen LogP contribution < -0.4 is 5.32 Å². The van der Waals surface area contributed by atoms with Gasteiger partial charge in [-0.1, -0.05) is 18.2 Å². The Morgan fingerprint density at radius 3 is 2.48 bits per heavy atom. The molecule has 1 aromatic carbocycles. The normalized spacial score (nSPS) is 19.3. The Labute approximate surface area is 158 Å². The molecule has 1 aliphatic heterocycles. The van der Waals surface area contributed by atoms with Crippen LogP contribution in [0.1, 0.15) is 28.8 Å². The van der Waals surface area contributed by atoms with Gasteiger partial charge in [0.05, 0.1) is 11.8 Å². The molecule has 7 heteroatoms. The summed E-state index contributed by atoms with van der Waals surface area (Å²) in [5, 5.41) is 7.35. The van der Waals surface area contributed by atoms with Crippen LogP contribution >= 0.6 is 0 Å². The predicted octanol–water partition coefficient (Wildman–Crippen LogP) is 1.38. The number of nitrogens with zero attached hydrogens (tertiary/aromatic N) is 3. The number of likely N-dealkylation sites (tertiary alicyclic amines) is 1. The van der Waals surface area contributed by atoms with Gasteiger partial charge in [0.1, 0.15) is 12.1 Å². The van der Waals surface area contributed by atoms with Crippen molar-refractivity contribution in [2.24, 2.45) is 0 Å². The van der Waals surface area contributed by atoms with E-state index in [1.807, 2.05) is 31.3 Å². The first-order valence-electron chi connectivity index (χ1n) is 9.17. The fraction of sp³-hybridized carbons (Fsp3) is 0.450. The fourth-order valence-corrected chi connectivity index (χ4v) is 3.93. The monoisotopic (exact) mass is 368 g/mol. The van der Waals surface area contributed by atoms with Gasteiger partial charge in [-0.2, -0.15) is 5.10 Å². The van der Waals surface area contributed by atoms with E-state index < -0.39 is 5.54 Å². The van der Waals surface area contributed by atoms with Crippen LogP contribution in [-0.4, -0.2) is 57.8 Å². The number of hydrogen-bond donors (Lipinski definition) is 1. The second-order valence-corrected chi connectivity index (χ2v) is 7.57. The highest BCUT2D eigenvalue weighted by Gasteiger charge is 2.66. The summed E-state index contributed by atoms with van der Waals surface area (Å²) in [7, 11) is 1.68. The molecular weight excluding hydrogens is 344 g/mol. The van der Waals surface area contributed by atoms with Gasteiger partial charge < -0.3 is 15.0 Å². The van der Waals surface area contributed by atoms with E-state index >= 15 is 0 Å². The van der Waals surface area contributed by atoms with Gasteiger partial charge in [0.25, 0.3) is 5.91 Å². The summed E-state index contributed by atoms with van der Waals surface area (Å²) in [5.41, 5.74) is 0.716. The van der Waals surface area contributed by atoms with Gasteiger partial charge in [-0.25, -0.2) is 0 Å². The minimum atomic E-state index is -0.537. The van der Waals surface area contributed by atoms with Crippen molar-refractivity contribution in [2.45, 2.75) is 37.5 Å². The zero-order valence-corrected chi connectivity index (χ0v) is 15.6. The lowest BCUT2D eigenvalue weighted by molar-refractivity contribution is -0.149. The third-order valence-electron chi connectivity index (χ3n) is 5.69. The molecular formula is C20H24N4O3. The molecule has 7 nitrogen and oxygen atoms in total. The van der Waals surface area contributed by atoms with Gasteiger partial charge in [0, 0.05) is 32.0 Å². The fourth-order valence-electron chi connectivity index (χ4n) is 3.93. The molecule has 142 valence electrons. The second-order valence-electron chi connectivity index (χ2n) is 7.57. The van der Waals surface area contributed by atoms with Crippen LogP contribution in [-0.2, 0) is 16.1 Å². The van der Waals surface area contributed by atoms with Gasteiger partial charge >= 0.3 is 0 Å². The Morgan fingerprint density at radius 1 is 1.22 bits per heavy atom. The number of nitrogens with one attached hydrogen (secondary N) is 1. The lowest BCUT2D eigenvalue weighted by atomic mass is 9.81. The number of carbonyl (C=O) groups is 2. The number of benzene rings is 1. The predicted molar refractivity (Wildman–Crippen MR) is 99.2 cm³/mol. The molecule has 27 heavy (non-hydrogen) atoms. The highest BCUT2D eigenvalue weighted by molar-refractivity contribution is 5.95. The van der Waals surface area contributed by atoms with Crippen LogP contribution in [0, 0.1) is 6.92 Å². The Kier molecular flexibility index (Phi) is 4.26. The number of rotatable bonds is 6. The van der Waals surface area contributed by atoms with Crippen LogP contribution in [0.25, 0.3) is 0 Å². The van der Waals surface area contributed by atoms with E-state index in [0.717, 1.165) is 18.4 Å². The Hall–Kier alpha value is -2.67. The highest BCUT2D eigenvalue weighted by Crippen LogP contribution is 2.51. The third kappa shape index (κ3) is 3.12. The molecule has 1 aliphatic carbocycles. The smallest absolute Gasteiger partial charge is 0.251 e. The minimum absolute atomic E-state index is 0.00501. The molecule has 0 spiro atoms. The van der Waals surface area contributed by atoms with Crippen LogP contribution in [0.4, 0.5) is 0 Å². The molecule has 1 saturated carbocycles. The van der Waals surface area contributed by atoms with E-state index in [1.54, 1.807) is 35.0 Å². The molecule has 0 unspecified atom stereocenters. The summed E-state index contributed by atoms with van der Waals surface area (Å²) in [6, 6.07) is 9.14. The van der Waals surface area contributed by atoms with E-state index in [0.29, 0.717) is 18.7 Å². The maximum atomic E-state index is 12.7. The van der Waals surface area contributed by atoms with Crippen molar-refractivity contribution in [2.75, 3.05) is 20.2 Å². The quantitative estimate of drug-likeness (QED) is 0.836. The molecule has 1 aromatic heterocycles. The van der Waals surface area contributed by atoms with Crippen molar-refractivity contribution in [3.63, 3.8) is 0 Å². The third-order valence-corrected chi connectivity index (χ3v) is 5.69. The molecule has 0 bridgehead atoms. The highest BCUT2D eigenvalue weighted by atomic mass is 16.5. The van der Waals surface area contributed by atoms with E-state index in [9.17, 15) is 9.59 Å². The molecule has 2 fully saturated rings. The number of methoxy groups -OCH3 is 1. The van der Waals surface area contributed by atoms with Gasteiger partial charge in [-0.05, 0) is 37.5 Å². The summed E-state index contributed by atoms with van der Waals surface area (Å²) >= 11 is 0. The van der Waals surface area contributed by atoms with Crippen molar-refractivity contribution >= 4 is 11.8 Å². The summed E-state index contributed by atoms with van der Waals surface area (Å²) in [5.74, 6) is -0.136. The van der Waals surface area contributed by atoms with Gasteiger partial charge in [-0.3, -0.25) is 14.3 Å². The van der Waals surface area contributed by atoms with E-state index in [1.165, 1.54) is 0 Å². The summed E-state index contributed by atoms with van der Waals surface area (Å²) in [4.78, 5) is 27.1. The summed E-state index contributed by atoms with van der Waals surface area (Å²) in [6.45, 7) is 3.06. The number of aryl methyl sites for hydroxylation is 1. The SMILES string of the molecule is COC1(C2(NC(=O)c3ccccc3)CN(C(=O)Cn3cc(C)cn3)C2)CC1. The topological polar surface area (TPSA) is 76.5 Å². The molecule has 1 N–H and O–H groups in total. The van der Waals surface area contributed by atoms with E-state index in [2.05, 4.69) is 10.4 Å².